The van der Waals surface area contributed by atoms with E-state index >= 15 is 0 Å². The molecule has 0 aliphatic carbocycles. The molecule has 1 aliphatic heterocycles. The van der Waals surface area contributed by atoms with Crippen molar-refractivity contribution in [3.63, 3.8) is 0 Å². The number of likely N-dealkylation sites (tertiary alicyclic amines) is 1. The molecule has 1 aromatic rings. The number of rotatable bonds is 1. The number of hydrogen-bond acceptors (Lipinski definition) is 4. The zero-order chi connectivity index (χ0) is 13.3. The fourth-order valence-electron chi connectivity index (χ4n) is 2.17. The molecule has 1 fully saturated rings. The number of carbonyl (C=O) groups excluding carboxylic acids is 1. The van der Waals surface area contributed by atoms with Gasteiger partial charge in [0.05, 0.1) is 5.02 Å². The van der Waals surface area contributed by atoms with Crippen LogP contribution in [0.3, 0.4) is 0 Å². The number of piperidine rings is 1. The van der Waals surface area contributed by atoms with Gasteiger partial charge in [-0.25, -0.2) is 9.97 Å². The molecule has 0 saturated carbocycles. The summed E-state index contributed by atoms with van der Waals surface area (Å²) < 4.78 is 0. The number of halogens is 1. The lowest BCUT2D eigenvalue weighted by Gasteiger charge is -2.42. The molecule has 1 saturated heterocycles. The molecule has 5 nitrogen and oxygen atoms in total. The first-order chi connectivity index (χ1) is 8.42. The molecule has 6 heteroatoms. The van der Waals surface area contributed by atoms with Crippen LogP contribution in [0.5, 0.6) is 0 Å². The number of nitrogens with zero attached hydrogens (tertiary/aromatic N) is 3. The first-order valence-corrected chi connectivity index (χ1v) is 6.30. The van der Waals surface area contributed by atoms with Crippen LogP contribution in [0.1, 0.15) is 30.8 Å². The molecule has 2 heterocycles. The van der Waals surface area contributed by atoms with Crippen molar-refractivity contribution < 1.29 is 4.79 Å². The molecule has 0 bridgehead atoms. The summed E-state index contributed by atoms with van der Waals surface area (Å²) in [5.41, 5.74) is 6.23. The quantitative estimate of drug-likeness (QED) is 0.834. The van der Waals surface area contributed by atoms with Crippen molar-refractivity contribution in [3.05, 3.63) is 23.2 Å². The van der Waals surface area contributed by atoms with E-state index in [9.17, 15) is 4.79 Å². The van der Waals surface area contributed by atoms with Crippen LogP contribution in [0.25, 0.3) is 0 Å². The zero-order valence-electron chi connectivity index (χ0n) is 10.6. The van der Waals surface area contributed by atoms with Crippen LogP contribution >= 0.6 is 11.6 Å². The number of hydrogen-bond donors (Lipinski definition) is 1. The second-order valence-electron chi connectivity index (χ2n) is 5.33. The Morgan fingerprint density at radius 3 is 2.94 bits per heavy atom. The van der Waals surface area contributed by atoms with Gasteiger partial charge in [-0.05, 0) is 11.8 Å². The first kappa shape index (κ1) is 13.2. The van der Waals surface area contributed by atoms with Gasteiger partial charge in [-0.2, -0.15) is 0 Å². The molecule has 0 radical (unpaired) electrons. The molecule has 2 rings (SSSR count). The minimum absolute atomic E-state index is 0.0899. The summed E-state index contributed by atoms with van der Waals surface area (Å²) in [4.78, 5) is 21.8. The Labute approximate surface area is 111 Å². The molecule has 1 atom stereocenters. The Balaban J connectivity index is 2.18. The lowest BCUT2D eigenvalue weighted by atomic mass is 9.79. The average molecular weight is 269 g/mol. The Bertz CT molecular complexity index is 463. The van der Waals surface area contributed by atoms with Crippen LogP contribution in [0.4, 0.5) is 0 Å². The van der Waals surface area contributed by atoms with Crippen molar-refractivity contribution in [1.82, 2.24) is 14.9 Å². The lowest BCUT2D eigenvalue weighted by molar-refractivity contribution is 0.0527. The van der Waals surface area contributed by atoms with E-state index in [0.717, 1.165) is 6.42 Å². The Morgan fingerprint density at radius 2 is 2.33 bits per heavy atom. The highest BCUT2D eigenvalue weighted by Crippen LogP contribution is 2.29. The van der Waals surface area contributed by atoms with Crippen LogP contribution in [0.2, 0.25) is 5.02 Å². The van der Waals surface area contributed by atoms with Crippen LogP contribution in [-0.4, -0.2) is 39.9 Å². The monoisotopic (exact) mass is 268 g/mol. The highest BCUT2D eigenvalue weighted by Gasteiger charge is 2.36. The van der Waals surface area contributed by atoms with E-state index < -0.39 is 0 Å². The zero-order valence-corrected chi connectivity index (χ0v) is 11.3. The summed E-state index contributed by atoms with van der Waals surface area (Å²) in [5, 5.41) is 0.287. The second-order valence-corrected chi connectivity index (χ2v) is 5.74. The SMILES string of the molecule is CC1(C)CN(C(=O)c2ncncc2Cl)CCC1N. The van der Waals surface area contributed by atoms with Crippen molar-refractivity contribution in [2.75, 3.05) is 13.1 Å². The van der Waals surface area contributed by atoms with Crippen molar-refractivity contribution in [2.45, 2.75) is 26.3 Å². The van der Waals surface area contributed by atoms with Crippen molar-refractivity contribution in [2.24, 2.45) is 11.1 Å². The number of aromatic nitrogens is 2. The van der Waals surface area contributed by atoms with E-state index in [0.29, 0.717) is 13.1 Å². The third-order valence-corrected chi connectivity index (χ3v) is 3.75. The molecule has 0 aromatic carbocycles. The molecule has 1 unspecified atom stereocenters. The van der Waals surface area contributed by atoms with Gasteiger partial charge >= 0.3 is 0 Å². The van der Waals surface area contributed by atoms with Gasteiger partial charge in [-0.3, -0.25) is 4.79 Å². The lowest BCUT2D eigenvalue weighted by Crippen LogP contribution is -2.54. The summed E-state index contributed by atoms with van der Waals surface area (Å²) in [5.74, 6) is -0.151. The summed E-state index contributed by atoms with van der Waals surface area (Å²) >= 11 is 5.94. The van der Waals surface area contributed by atoms with Crippen LogP contribution < -0.4 is 5.73 Å². The molecule has 0 spiro atoms. The summed E-state index contributed by atoms with van der Waals surface area (Å²) in [6.07, 6.45) is 3.56. The summed E-state index contributed by atoms with van der Waals surface area (Å²) in [7, 11) is 0. The first-order valence-electron chi connectivity index (χ1n) is 5.92. The Morgan fingerprint density at radius 1 is 1.61 bits per heavy atom. The third-order valence-electron chi connectivity index (χ3n) is 3.47. The van der Waals surface area contributed by atoms with Crippen LogP contribution in [0.15, 0.2) is 12.5 Å². The number of nitrogens with two attached hydrogens (primary N) is 1. The standard InChI is InChI=1S/C12H17ClN4O/c1-12(2)6-17(4-3-9(12)14)11(18)10-8(13)5-15-7-16-10/h5,7,9H,3-4,6,14H2,1-2H3. The fourth-order valence-corrected chi connectivity index (χ4v) is 2.35. The van der Waals surface area contributed by atoms with Crippen LogP contribution in [-0.2, 0) is 0 Å². The Hall–Kier alpha value is -1.20. The van der Waals surface area contributed by atoms with E-state index in [1.165, 1.54) is 12.5 Å². The summed E-state index contributed by atoms with van der Waals surface area (Å²) in [6, 6.07) is 0.113. The second kappa shape index (κ2) is 4.82. The molecule has 18 heavy (non-hydrogen) atoms. The Kier molecular flexibility index (Phi) is 3.54. The fraction of sp³-hybridized carbons (Fsp3) is 0.583. The predicted molar refractivity (Wildman–Crippen MR) is 69.3 cm³/mol. The molecule has 2 N–H and O–H groups in total. The van der Waals surface area contributed by atoms with Gasteiger partial charge in [-0.1, -0.05) is 25.4 Å². The maximum Gasteiger partial charge on any atom is 0.274 e. The highest BCUT2D eigenvalue weighted by molar-refractivity contribution is 6.33. The minimum Gasteiger partial charge on any atom is -0.337 e. The largest absolute Gasteiger partial charge is 0.337 e. The normalized spacial score (nSPS) is 22.9. The van der Waals surface area contributed by atoms with Crippen molar-refractivity contribution in [3.8, 4) is 0 Å². The van der Waals surface area contributed by atoms with Gasteiger partial charge in [0.15, 0.2) is 0 Å². The van der Waals surface area contributed by atoms with E-state index in [2.05, 4.69) is 23.8 Å². The van der Waals surface area contributed by atoms with Crippen molar-refractivity contribution in [1.29, 1.82) is 0 Å². The predicted octanol–water partition coefficient (Wildman–Crippen LogP) is 1.33. The minimum atomic E-state index is -0.151. The van der Waals surface area contributed by atoms with Gasteiger partial charge in [0, 0.05) is 25.3 Å². The van der Waals surface area contributed by atoms with E-state index in [-0.39, 0.29) is 28.1 Å². The maximum atomic E-state index is 12.3. The smallest absolute Gasteiger partial charge is 0.274 e. The topological polar surface area (TPSA) is 72.1 Å². The van der Waals surface area contributed by atoms with Gasteiger partial charge < -0.3 is 10.6 Å². The van der Waals surface area contributed by atoms with E-state index in [1.807, 2.05) is 0 Å². The molecule has 1 aromatic heterocycles. The van der Waals surface area contributed by atoms with Crippen molar-refractivity contribution >= 4 is 17.5 Å². The molecular weight excluding hydrogens is 252 g/mol. The average Bonchev–Trinajstić information content (AvgIpc) is 2.32. The van der Waals surface area contributed by atoms with Gasteiger partial charge in [0.2, 0.25) is 0 Å². The number of amides is 1. The van der Waals surface area contributed by atoms with Gasteiger partial charge in [0.25, 0.3) is 5.91 Å². The molecular formula is C12H17ClN4O. The molecule has 98 valence electrons. The van der Waals surface area contributed by atoms with E-state index in [1.54, 1.807) is 4.90 Å². The number of carbonyl (C=O) groups is 1. The third kappa shape index (κ3) is 2.47. The van der Waals surface area contributed by atoms with Gasteiger partial charge in [0.1, 0.15) is 12.0 Å². The molecule has 1 amide bonds. The van der Waals surface area contributed by atoms with Crippen LogP contribution in [0, 0.1) is 5.41 Å². The van der Waals surface area contributed by atoms with E-state index in [4.69, 9.17) is 17.3 Å². The summed E-state index contributed by atoms with van der Waals surface area (Å²) in [6.45, 7) is 5.40. The highest BCUT2D eigenvalue weighted by atomic mass is 35.5. The molecule has 1 aliphatic rings. The maximum absolute atomic E-state index is 12.3. The van der Waals surface area contributed by atoms with Gasteiger partial charge in [-0.15, -0.1) is 0 Å².